The Bertz CT molecular complexity index is 401. The Morgan fingerprint density at radius 1 is 1.31 bits per heavy atom. The third-order valence-electron chi connectivity index (χ3n) is 4.59. The Morgan fingerprint density at radius 2 is 2.06 bits per heavy atom. The summed E-state index contributed by atoms with van der Waals surface area (Å²) in [6.45, 7) is 0.633. The van der Waals surface area contributed by atoms with Crippen LogP contribution >= 0.6 is 0 Å². The number of hydrogen-bond donors (Lipinski definition) is 2. The summed E-state index contributed by atoms with van der Waals surface area (Å²) < 4.78 is 0. The van der Waals surface area contributed by atoms with E-state index >= 15 is 0 Å². The van der Waals surface area contributed by atoms with Crippen LogP contribution in [0, 0.1) is 11.3 Å². The quantitative estimate of drug-likeness (QED) is 0.786. The number of fused-ring (bicyclic) bond motifs is 1. The second kappa shape index (κ2) is 3.57. The molecule has 3 atom stereocenters. The van der Waals surface area contributed by atoms with E-state index in [1.54, 1.807) is 11.1 Å². The van der Waals surface area contributed by atoms with Crippen LogP contribution in [0.3, 0.4) is 0 Å². The van der Waals surface area contributed by atoms with E-state index in [4.69, 9.17) is 11.5 Å². The fraction of sp³-hybridized carbons (Fsp3) is 0.571. The number of hydrogen-bond acceptors (Lipinski definition) is 2. The van der Waals surface area contributed by atoms with Crippen LogP contribution in [0.25, 0.3) is 0 Å². The minimum atomic E-state index is 0.213. The highest BCUT2D eigenvalue weighted by Crippen LogP contribution is 2.60. The van der Waals surface area contributed by atoms with Gasteiger partial charge in [-0.25, -0.2) is 0 Å². The lowest BCUT2D eigenvalue weighted by Crippen LogP contribution is -2.35. The van der Waals surface area contributed by atoms with E-state index in [0.29, 0.717) is 17.9 Å². The zero-order valence-electron chi connectivity index (χ0n) is 9.65. The first kappa shape index (κ1) is 10.3. The summed E-state index contributed by atoms with van der Waals surface area (Å²) in [5.74, 6) is 0.672. The van der Waals surface area contributed by atoms with Crippen molar-refractivity contribution in [3.05, 3.63) is 35.4 Å². The lowest BCUT2D eigenvalue weighted by molar-refractivity contribution is 0.367. The predicted molar refractivity (Wildman–Crippen MR) is 66.0 cm³/mol. The number of rotatable bonds is 2. The average Bonchev–Trinajstić information content (AvgIpc) is 3.02. The summed E-state index contributed by atoms with van der Waals surface area (Å²) >= 11 is 0. The van der Waals surface area contributed by atoms with Gasteiger partial charge in [0.15, 0.2) is 0 Å². The van der Waals surface area contributed by atoms with Crippen molar-refractivity contribution in [3.63, 3.8) is 0 Å². The summed E-state index contributed by atoms with van der Waals surface area (Å²) in [5, 5.41) is 0. The van der Waals surface area contributed by atoms with E-state index in [-0.39, 0.29) is 6.04 Å². The first-order chi connectivity index (χ1) is 7.75. The second-order valence-electron chi connectivity index (χ2n) is 5.52. The third kappa shape index (κ3) is 1.48. The molecule has 16 heavy (non-hydrogen) atoms. The largest absolute Gasteiger partial charge is 0.329 e. The highest BCUT2D eigenvalue weighted by Gasteiger charge is 2.56. The topological polar surface area (TPSA) is 52.0 Å². The average molecular weight is 216 g/mol. The molecule has 2 nitrogen and oxygen atoms in total. The molecule has 1 aromatic carbocycles. The summed E-state index contributed by atoms with van der Waals surface area (Å²) in [7, 11) is 0. The molecule has 0 bridgehead atoms. The summed E-state index contributed by atoms with van der Waals surface area (Å²) in [5.41, 5.74) is 15.3. The van der Waals surface area contributed by atoms with Gasteiger partial charge in [0.25, 0.3) is 0 Å². The van der Waals surface area contributed by atoms with Gasteiger partial charge in [0.05, 0.1) is 0 Å². The zero-order chi connectivity index (χ0) is 11.2. The van der Waals surface area contributed by atoms with Gasteiger partial charge in [-0.2, -0.15) is 0 Å². The Balaban J connectivity index is 1.80. The van der Waals surface area contributed by atoms with Crippen LogP contribution in [0.5, 0.6) is 0 Å². The molecule has 3 rings (SSSR count). The molecule has 86 valence electrons. The lowest BCUT2D eigenvalue weighted by atomic mass is 9.79. The molecular weight excluding hydrogens is 196 g/mol. The summed E-state index contributed by atoms with van der Waals surface area (Å²) in [6, 6.07) is 9.05. The van der Waals surface area contributed by atoms with E-state index < -0.39 is 0 Å². The minimum Gasteiger partial charge on any atom is -0.329 e. The van der Waals surface area contributed by atoms with Crippen molar-refractivity contribution >= 4 is 0 Å². The van der Waals surface area contributed by atoms with Crippen LogP contribution in [0.4, 0.5) is 0 Å². The zero-order valence-corrected chi connectivity index (χ0v) is 9.65. The molecule has 1 aromatic rings. The molecule has 1 saturated carbocycles. The van der Waals surface area contributed by atoms with Crippen LogP contribution in [-0.2, 0) is 12.8 Å². The molecule has 1 fully saturated rings. The maximum Gasteiger partial charge on any atom is 0.0197 e. The van der Waals surface area contributed by atoms with Crippen molar-refractivity contribution in [1.29, 1.82) is 0 Å². The standard InChI is InChI=1S/C14H20N2/c15-9-13(16)12-8-14(12)6-5-10-3-1-2-4-11(10)7-14/h1-4,12-13H,5-9,15-16H2/t12?,13-,14-/m0/s1. The van der Waals surface area contributed by atoms with Gasteiger partial charge in [-0.3, -0.25) is 0 Å². The van der Waals surface area contributed by atoms with Gasteiger partial charge < -0.3 is 11.5 Å². The van der Waals surface area contributed by atoms with E-state index in [1.807, 2.05) is 0 Å². The van der Waals surface area contributed by atoms with Gasteiger partial charge in [-0.1, -0.05) is 24.3 Å². The van der Waals surface area contributed by atoms with Gasteiger partial charge in [0.1, 0.15) is 0 Å². The molecule has 4 N–H and O–H groups in total. The maximum atomic E-state index is 6.08. The maximum absolute atomic E-state index is 6.08. The van der Waals surface area contributed by atoms with Crippen LogP contribution in [0.15, 0.2) is 24.3 Å². The van der Waals surface area contributed by atoms with Crippen molar-refractivity contribution in [2.75, 3.05) is 6.54 Å². The Kier molecular flexibility index (Phi) is 2.30. The van der Waals surface area contributed by atoms with Crippen LogP contribution in [-0.4, -0.2) is 12.6 Å². The molecule has 1 unspecified atom stereocenters. The third-order valence-corrected chi connectivity index (χ3v) is 4.59. The fourth-order valence-electron chi connectivity index (χ4n) is 3.46. The summed E-state index contributed by atoms with van der Waals surface area (Å²) in [6.07, 6.45) is 5.05. The Morgan fingerprint density at radius 3 is 2.81 bits per heavy atom. The van der Waals surface area contributed by atoms with E-state index in [2.05, 4.69) is 24.3 Å². The highest BCUT2D eigenvalue weighted by molar-refractivity contribution is 5.33. The molecular formula is C14H20N2. The smallest absolute Gasteiger partial charge is 0.0197 e. The molecule has 2 aliphatic carbocycles. The SMILES string of the molecule is NC[C@H](N)C1C[C@@]12CCc1ccccc1C2. The lowest BCUT2D eigenvalue weighted by Gasteiger charge is -2.26. The number of benzene rings is 1. The van der Waals surface area contributed by atoms with Crippen molar-refractivity contribution in [2.45, 2.75) is 31.7 Å². The second-order valence-corrected chi connectivity index (χ2v) is 5.52. The number of nitrogens with two attached hydrogens (primary N) is 2. The first-order valence-electron chi connectivity index (χ1n) is 6.28. The molecule has 0 aliphatic heterocycles. The van der Waals surface area contributed by atoms with Gasteiger partial charge in [0, 0.05) is 12.6 Å². The van der Waals surface area contributed by atoms with Crippen LogP contribution in [0.1, 0.15) is 24.0 Å². The van der Waals surface area contributed by atoms with Crippen molar-refractivity contribution in [3.8, 4) is 0 Å². The minimum absolute atomic E-state index is 0.213. The molecule has 1 spiro atoms. The van der Waals surface area contributed by atoms with Crippen LogP contribution in [0.2, 0.25) is 0 Å². The van der Waals surface area contributed by atoms with Crippen LogP contribution < -0.4 is 11.5 Å². The molecule has 0 saturated heterocycles. The molecule has 0 amide bonds. The van der Waals surface area contributed by atoms with E-state index in [9.17, 15) is 0 Å². The van der Waals surface area contributed by atoms with Crippen molar-refractivity contribution in [1.82, 2.24) is 0 Å². The van der Waals surface area contributed by atoms with Crippen molar-refractivity contribution < 1.29 is 0 Å². The molecule has 0 heterocycles. The fourth-order valence-corrected chi connectivity index (χ4v) is 3.46. The van der Waals surface area contributed by atoms with Gasteiger partial charge in [0.2, 0.25) is 0 Å². The monoisotopic (exact) mass is 216 g/mol. The predicted octanol–water partition coefficient (Wildman–Crippen LogP) is 1.47. The van der Waals surface area contributed by atoms with Crippen molar-refractivity contribution in [2.24, 2.45) is 22.8 Å². The van der Waals surface area contributed by atoms with Gasteiger partial charge in [-0.15, -0.1) is 0 Å². The van der Waals surface area contributed by atoms with Gasteiger partial charge in [-0.05, 0) is 48.1 Å². The Hall–Kier alpha value is -0.860. The molecule has 0 aromatic heterocycles. The normalized spacial score (nSPS) is 33.5. The molecule has 2 aliphatic rings. The Labute approximate surface area is 97.0 Å². The summed E-state index contributed by atoms with van der Waals surface area (Å²) in [4.78, 5) is 0. The molecule has 2 heteroatoms. The highest BCUT2D eigenvalue weighted by atomic mass is 14.8. The van der Waals surface area contributed by atoms with Gasteiger partial charge >= 0.3 is 0 Å². The van der Waals surface area contributed by atoms with E-state index in [1.165, 1.54) is 25.7 Å². The number of aryl methyl sites for hydroxylation is 1. The molecule has 0 radical (unpaired) electrons. The first-order valence-corrected chi connectivity index (χ1v) is 6.28. The van der Waals surface area contributed by atoms with E-state index in [0.717, 1.165) is 0 Å².